The average Bonchev–Trinajstić information content (AvgIpc) is 3.20. The number of amides is 2. The van der Waals surface area contributed by atoms with Crippen LogP contribution in [0.4, 0.5) is 5.69 Å². The number of imide groups is 1. The number of non-ortho nitro benzene ring substituents is 1. The molecule has 9 nitrogen and oxygen atoms in total. The number of ketones is 1. The van der Waals surface area contributed by atoms with Gasteiger partial charge in [-0.05, 0) is 22.3 Å². The normalized spacial score (nSPS) is 26.1. The van der Waals surface area contributed by atoms with E-state index in [0.717, 1.165) is 11.0 Å². The summed E-state index contributed by atoms with van der Waals surface area (Å²) in [6.45, 7) is -1.46. The van der Waals surface area contributed by atoms with E-state index in [9.17, 15) is 29.3 Å². The van der Waals surface area contributed by atoms with Gasteiger partial charge >= 0.3 is 5.97 Å². The molecule has 2 atom stereocenters. The zero-order valence-electron chi connectivity index (χ0n) is 20.0. The molecule has 1 saturated heterocycles. The lowest BCUT2D eigenvalue weighted by molar-refractivity contribution is -0.384. The molecule has 0 saturated carbocycles. The number of esters is 1. The van der Waals surface area contributed by atoms with Crippen molar-refractivity contribution in [1.29, 1.82) is 0 Å². The van der Waals surface area contributed by atoms with Crippen LogP contribution in [-0.4, -0.2) is 46.5 Å². The van der Waals surface area contributed by atoms with Crippen molar-refractivity contribution in [3.8, 4) is 0 Å². The minimum absolute atomic E-state index is 0.0170. The number of benzene rings is 3. The number of hydrogen-bond acceptors (Lipinski definition) is 7. The van der Waals surface area contributed by atoms with Crippen LogP contribution in [0.1, 0.15) is 32.6 Å². The first-order chi connectivity index (χ1) is 18.6. The summed E-state index contributed by atoms with van der Waals surface area (Å²) >= 11 is 14.6. The smallest absolute Gasteiger partial charge is 0.326 e. The van der Waals surface area contributed by atoms with E-state index < -0.39 is 63.2 Å². The number of nitro benzene ring substituents is 1. The van der Waals surface area contributed by atoms with Crippen molar-refractivity contribution in [3.05, 3.63) is 111 Å². The van der Waals surface area contributed by atoms with Gasteiger partial charge in [0.2, 0.25) is 17.6 Å². The van der Waals surface area contributed by atoms with E-state index in [2.05, 4.69) is 0 Å². The van der Waals surface area contributed by atoms with Gasteiger partial charge in [0, 0.05) is 17.7 Å². The van der Waals surface area contributed by atoms with Gasteiger partial charge in [-0.3, -0.25) is 34.2 Å². The van der Waals surface area contributed by atoms with Crippen LogP contribution in [-0.2, 0) is 28.9 Å². The van der Waals surface area contributed by atoms with Gasteiger partial charge in [-0.1, -0.05) is 60.7 Å². The molecule has 3 aromatic carbocycles. The molecule has 39 heavy (non-hydrogen) atoms. The van der Waals surface area contributed by atoms with Crippen molar-refractivity contribution in [2.24, 2.45) is 11.8 Å². The van der Waals surface area contributed by atoms with Crippen LogP contribution in [0.3, 0.4) is 0 Å². The monoisotopic (exact) mass is 564 g/mol. The van der Waals surface area contributed by atoms with Crippen LogP contribution in [0, 0.1) is 22.0 Å². The van der Waals surface area contributed by atoms with Gasteiger partial charge in [-0.15, -0.1) is 23.2 Å². The summed E-state index contributed by atoms with van der Waals surface area (Å²) in [5.74, 6) is -5.11. The van der Waals surface area contributed by atoms with Crippen LogP contribution in [0.2, 0.25) is 0 Å². The molecule has 7 rings (SSSR count). The summed E-state index contributed by atoms with van der Waals surface area (Å²) in [5, 5.41) is 11.0. The van der Waals surface area contributed by atoms with Crippen LogP contribution in [0.15, 0.2) is 72.8 Å². The molecule has 0 radical (unpaired) electrons. The number of rotatable bonds is 6. The molecule has 196 valence electrons. The van der Waals surface area contributed by atoms with E-state index in [0.29, 0.717) is 22.3 Å². The molecule has 2 bridgehead atoms. The number of ether oxygens (including phenoxy) is 1. The van der Waals surface area contributed by atoms with Gasteiger partial charge in [-0.25, -0.2) is 0 Å². The predicted molar refractivity (Wildman–Crippen MR) is 138 cm³/mol. The molecule has 1 heterocycles. The molecule has 3 aromatic rings. The SMILES string of the molecule is O=C(CN1C(=O)[C@@H]2[C@H](C1=O)C1(Cl)c3ccccc3C2(Cl)c2ccccc21)OCC(=O)c1cccc([N+](=O)[O-])c1. The maximum Gasteiger partial charge on any atom is 0.326 e. The number of alkyl halides is 2. The van der Waals surface area contributed by atoms with Crippen LogP contribution >= 0.6 is 23.2 Å². The van der Waals surface area contributed by atoms with Crippen LogP contribution in [0.25, 0.3) is 0 Å². The Morgan fingerprint density at radius 1 is 0.846 bits per heavy atom. The Hall–Kier alpha value is -4.08. The molecular formula is C28H18Cl2N2O7. The summed E-state index contributed by atoms with van der Waals surface area (Å²) in [5.41, 5.74) is 2.23. The predicted octanol–water partition coefficient (Wildman–Crippen LogP) is 3.91. The number of nitro groups is 1. The molecule has 3 aliphatic carbocycles. The van der Waals surface area contributed by atoms with Crippen LogP contribution < -0.4 is 0 Å². The third-order valence-corrected chi connectivity index (χ3v) is 8.99. The van der Waals surface area contributed by atoms with E-state index in [-0.39, 0.29) is 11.3 Å². The van der Waals surface area contributed by atoms with E-state index in [4.69, 9.17) is 27.9 Å². The van der Waals surface area contributed by atoms with E-state index in [1.807, 2.05) is 0 Å². The topological polar surface area (TPSA) is 124 Å². The molecule has 11 heteroatoms. The summed E-state index contributed by atoms with van der Waals surface area (Å²) in [6.07, 6.45) is 0. The Labute approximate surface area is 231 Å². The molecule has 0 aromatic heterocycles. The first-order valence-electron chi connectivity index (χ1n) is 12.0. The molecule has 1 aliphatic heterocycles. The van der Waals surface area contributed by atoms with Crippen molar-refractivity contribution in [1.82, 2.24) is 4.90 Å². The molecule has 0 spiro atoms. The Morgan fingerprint density at radius 2 is 1.33 bits per heavy atom. The summed E-state index contributed by atoms with van der Waals surface area (Å²) in [4.78, 5) is 60.9. The van der Waals surface area contributed by atoms with Crippen molar-refractivity contribution in [3.63, 3.8) is 0 Å². The van der Waals surface area contributed by atoms with Gasteiger partial charge in [0.15, 0.2) is 6.61 Å². The Morgan fingerprint density at radius 3 is 1.79 bits per heavy atom. The largest absolute Gasteiger partial charge is 0.456 e. The summed E-state index contributed by atoms with van der Waals surface area (Å²) in [6, 6.07) is 19.3. The minimum Gasteiger partial charge on any atom is -0.456 e. The van der Waals surface area contributed by atoms with Gasteiger partial charge in [-0.2, -0.15) is 0 Å². The van der Waals surface area contributed by atoms with Gasteiger partial charge < -0.3 is 4.74 Å². The lowest BCUT2D eigenvalue weighted by Crippen LogP contribution is -2.57. The molecule has 2 amide bonds. The fourth-order valence-corrected chi connectivity index (χ4v) is 7.18. The fourth-order valence-electron chi connectivity index (χ4n) is 6.08. The zero-order chi connectivity index (χ0) is 27.7. The third kappa shape index (κ3) is 3.39. The first kappa shape index (κ1) is 25.2. The van der Waals surface area contributed by atoms with Gasteiger partial charge in [0.05, 0.1) is 16.8 Å². The van der Waals surface area contributed by atoms with Crippen molar-refractivity contribution in [2.75, 3.05) is 13.2 Å². The quantitative estimate of drug-likeness (QED) is 0.111. The van der Waals surface area contributed by atoms with Crippen molar-refractivity contribution < 1.29 is 28.8 Å². The van der Waals surface area contributed by atoms with E-state index in [1.54, 1.807) is 48.5 Å². The zero-order valence-corrected chi connectivity index (χ0v) is 21.5. The number of nitrogens with zero attached hydrogens (tertiary/aromatic N) is 2. The Balaban J connectivity index is 1.27. The van der Waals surface area contributed by atoms with E-state index >= 15 is 0 Å². The highest BCUT2D eigenvalue weighted by Gasteiger charge is 2.73. The van der Waals surface area contributed by atoms with Crippen molar-refractivity contribution >= 4 is 52.5 Å². The van der Waals surface area contributed by atoms with Crippen molar-refractivity contribution in [2.45, 2.75) is 9.75 Å². The maximum atomic E-state index is 13.7. The molecule has 0 unspecified atom stereocenters. The number of carbonyl (C=O) groups is 4. The standard InChI is InChI=1S/C28H18Cl2N2O7/c29-27-17-8-1-2-9-18(17)28(30,20-11-4-3-10-19(20)27)24-23(27)25(35)31(26(24)36)13-22(34)39-14-21(33)15-6-5-7-16(12-15)32(37)38/h1-12,23-24H,13-14H2/t23-,24+,27?,28?. The Kier molecular flexibility index (Phi) is 5.64. The highest BCUT2D eigenvalue weighted by molar-refractivity contribution is 6.36. The van der Waals surface area contributed by atoms with Gasteiger partial charge in [0.25, 0.3) is 5.69 Å². The lowest BCUT2D eigenvalue weighted by Gasteiger charge is -2.54. The molecular weight excluding hydrogens is 547 g/mol. The summed E-state index contributed by atoms with van der Waals surface area (Å²) in [7, 11) is 0. The number of hydrogen-bond donors (Lipinski definition) is 0. The second-order valence-electron chi connectivity index (χ2n) is 9.62. The van der Waals surface area contributed by atoms with E-state index in [1.165, 1.54) is 18.2 Å². The number of Topliss-reactive ketones (excluding diaryl/α,β-unsaturated/α-hetero) is 1. The average molecular weight is 565 g/mol. The summed E-state index contributed by atoms with van der Waals surface area (Å²) < 4.78 is 5.04. The highest BCUT2D eigenvalue weighted by atomic mass is 35.5. The Bertz CT molecular complexity index is 1500. The second kappa shape index (κ2) is 8.72. The number of halogens is 2. The highest BCUT2D eigenvalue weighted by Crippen LogP contribution is 2.69. The fraction of sp³-hybridized carbons (Fsp3) is 0.214. The lowest BCUT2D eigenvalue weighted by atomic mass is 9.54. The first-order valence-corrected chi connectivity index (χ1v) is 12.7. The number of likely N-dealkylation sites (tertiary alicyclic amines) is 1. The molecule has 0 N–H and O–H groups in total. The second-order valence-corrected chi connectivity index (χ2v) is 10.8. The number of carbonyl (C=O) groups excluding carboxylic acids is 4. The third-order valence-electron chi connectivity index (χ3n) is 7.71. The minimum atomic E-state index is -1.38. The van der Waals surface area contributed by atoms with Crippen LogP contribution in [0.5, 0.6) is 0 Å². The van der Waals surface area contributed by atoms with Gasteiger partial charge in [0.1, 0.15) is 16.3 Å². The maximum absolute atomic E-state index is 13.7. The molecule has 1 fully saturated rings. The molecule has 4 aliphatic rings.